The maximum absolute atomic E-state index is 14.4. The van der Waals surface area contributed by atoms with Gasteiger partial charge in [-0.25, -0.2) is 9.78 Å². The van der Waals surface area contributed by atoms with E-state index in [1.807, 2.05) is 47.4 Å². The van der Waals surface area contributed by atoms with Gasteiger partial charge in [0.2, 0.25) is 29.4 Å². The van der Waals surface area contributed by atoms with Crippen LogP contribution in [0.3, 0.4) is 0 Å². The minimum Gasteiger partial charge on any atom is -0.460 e. The number of esters is 1. The lowest BCUT2D eigenvalue weighted by Gasteiger charge is -2.31. The summed E-state index contributed by atoms with van der Waals surface area (Å²) in [4.78, 5) is 75.7. The zero-order valence-electron chi connectivity index (χ0n) is 33.3. The van der Waals surface area contributed by atoms with Crippen LogP contribution < -0.4 is 16.0 Å². The van der Waals surface area contributed by atoms with Gasteiger partial charge in [-0.3, -0.25) is 19.2 Å². The molecule has 1 saturated heterocycles. The van der Waals surface area contributed by atoms with Crippen molar-refractivity contribution in [2.75, 3.05) is 26.2 Å². The number of H-pyrrole nitrogens is 1. The Kier molecular flexibility index (Phi) is 15.1. The Morgan fingerprint density at radius 3 is 2.55 bits per heavy atom. The summed E-state index contributed by atoms with van der Waals surface area (Å²) in [5, 5.41) is 22.6. The Hall–Kier alpha value is -5.50. The van der Waals surface area contributed by atoms with Crippen LogP contribution in [-0.2, 0) is 36.8 Å². The highest BCUT2D eigenvalue weighted by atomic mass is 16.5. The van der Waals surface area contributed by atoms with E-state index in [9.17, 15) is 29.1 Å². The SMILES string of the molecule is CCOC(=O)c1ccc([C@H](O)[C@H](CC2CCCCC2)NC(=O)[C@H](Cc2c[nH]cn2)NC(=O)[C@@H](CC(=O)NCCCN2CCCC2=O)Cc2cccc3ccccc23)o1. The average Bonchev–Trinajstić information content (AvgIpc) is 4.03. The number of nitrogens with one attached hydrogen (secondary N) is 4. The van der Waals surface area contributed by atoms with E-state index in [2.05, 4.69) is 25.9 Å². The largest absolute Gasteiger partial charge is 0.460 e. The third-order valence-corrected chi connectivity index (χ3v) is 11.3. The first kappa shape index (κ1) is 42.1. The number of carbonyl (C=O) groups is 5. The van der Waals surface area contributed by atoms with Crippen molar-refractivity contribution < 1.29 is 38.2 Å². The third kappa shape index (κ3) is 11.6. The van der Waals surface area contributed by atoms with E-state index in [1.54, 1.807) is 13.1 Å². The molecule has 1 aliphatic heterocycles. The van der Waals surface area contributed by atoms with Crippen molar-refractivity contribution in [1.82, 2.24) is 30.8 Å². The second kappa shape index (κ2) is 20.8. The number of carbonyl (C=O) groups excluding carboxylic acids is 5. The smallest absolute Gasteiger partial charge is 0.374 e. The molecule has 3 heterocycles. The number of aromatic amines is 1. The minimum atomic E-state index is -1.29. The zero-order chi connectivity index (χ0) is 40.9. The van der Waals surface area contributed by atoms with Gasteiger partial charge in [-0.15, -0.1) is 0 Å². The molecule has 310 valence electrons. The minimum absolute atomic E-state index is 0.0451. The van der Waals surface area contributed by atoms with Crippen molar-refractivity contribution in [1.29, 1.82) is 0 Å². The van der Waals surface area contributed by atoms with Crippen LogP contribution in [0.2, 0.25) is 0 Å². The zero-order valence-corrected chi connectivity index (χ0v) is 33.3. The van der Waals surface area contributed by atoms with Gasteiger partial charge in [0.15, 0.2) is 0 Å². The normalized spacial score (nSPS) is 16.7. The maximum atomic E-state index is 14.4. The van der Waals surface area contributed by atoms with E-state index in [4.69, 9.17) is 9.15 Å². The molecule has 0 spiro atoms. The highest BCUT2D eigenvalue weighted by Gasteiger charge is 2.34. The standard InChI is InChI=1S/C44H56N6O8/c1-2-57-44(56)38-19-18-37(58-38)41(53)35(23-29-11-4-3-5-12-29)48-43(55)36(26-33-27-45-28-47-33)49-42(54)32(24-31-15-8-14-30-13-6-7-16-34(30)31)25-39(51)46-20-10-22-50-21-9-17-40(50)52/h6-8,13-16,18-19,27-29,32,35-36,41,53H,2-5,9-12,17,20-26H2,1H3,(H,45,47)(H,46,51)(H,48,55)(H,49,54)/t32-,35+,36+,41-/m1/s1. The van der Waals surface area contributed by atoms with Crippen LogP contribution in [0.25, 0.3) is 10.8 Å². The number of hydrogen-bond acceptors (Lipinski definition) is 9. The Morgan fingerprint density at radius 1 is 0.983 bits per heavy atom. The van der Waals surface area contributed by atoms with Crippen LogP contribution in [0, 0.1) is 11.8 Å². The Bertz CT molecular complexity index is 1980. The molecule has 0 bridgehead atoms. The molecule has 2 aliphatic rings. The number of imidazole rings is 1. The number of fused-ring (bicyclic) bond motifs is 1. The van der Waals surface area contributed by atoms with Crippen LogP contribution in [-0.4, -0.2) is 87.9 Å². The molecule has 1 saturated carbocycles. The van der Waals surface area contributed by atoms with Gasteiger partial charge < -0.3 is 40.1 Å². The molecule has 2 aromatic carbocycles. The Labute approximate surface area is 338 Å². The molecule has 14 heteroatoms. The first-order chi connectivity index (χ1) is 28.2. The summed E-state index contributed by atoms with van der Waals surface area (Å²) in [6, 6.07) is 14.8. The number of benzene rings is 2. The lowest BCUT2D eigenvalue weighted by atomic mass is 9.83. The summed E-state index contributed by atoms with van der Waals surface area (Å²) >= 11 is 0. The number of nitrogens with zero attached hydrogens (tertiary/aromatic N) is 2. The number of furan rings is 1. The first-order valence-corrected chi connectivity index (χ1v) is 20.7. The number of aliphatic hydroxyl groups is 1. The number of ether oxygens (including phenoxy) is 1. The summed E-state index contributed by atoms with van der Waals surface area (Å²) in [6.45, 7) is 3.50. The molecule has 1 aliphatic carbocycles. The topological polar surface area (TPSA) is 196 Å². The second-order valence-electron chi connectivity index (χ2n) is 15.5. The van der Waals surface area contributed by atoms with Crippen molar-refractivity contribution in [3.8, 4) is 0 Å². The predicted octanol–water partition coefficient (Wildman–Crippen LogP) is 4.93. The molecule has 4 aromatic rings. The van der Waals surface area contributed by atoms with Crippen molar-refractivity contribution in [2.45, 2.75) is 102 Å². The molecular formula is C44H56N6O8. The van der Waals surface area contributed by atoms with Gasteiger partial charge in [-0.05, 0) is 67.0 Å². The van der Waals surface area contributed by atoms with E-state index in [0.29, 0.717) is 38.0 Å². The predicted molar refractivity (Wildman–Crippen MR) is 216 cm³/mol. The van der Waals surface area contributed by atoms with Gasteiger partial charge >= 0.3 is 5.97 Å². The fourth-order valence-electron chi connectivity index (χ4n) is 8.19. The first-order valence-electron chi connectivity index (χ1n) is 20.7. The van der Waals surface area contributed by atoms with Crippen molar-refractivity contribution in [3.63, 3.8) is 0 Å². The van der Waals surface area contributed by atoms with E-state index in [-0.39, 0.29) is 55.1 Å². The molecular weight excluding hydrogens is 741 g/mol. The van der Waals surface area contributed by atoms with Crippen LogP contribution >= 0.6 is 0 Å². The number of aliphatic hydroxyl groups excluding tert-OH is 1. The van der Waals surface area contributed by atoms with Crippen LogP contribution in [0.15, 0.2) is 71.5 Å². The third-order valence-electron chi connectivity index (χ3n) is 11.3. The molecule has 58 heavy (non-hydrogen) atoms. The monoisotopic (exact) mass is 796 g/mol. The summed E-state index contributed by atoms with van der Waals surface area (Å²) in [5.74, 6) is -2.37. The molecule has 6 rings (SSSR count). The number of aromatic nitrogens is 2. The Morgan fingerprint density at radius 2 is 1.79 bits per heavy atom. The van der Waals surface area contributed by atoms with Crippen molar-refractivity contribution in [2.24, 2.45) is 11.8 Å². The van der Waals surface area contributed by atoms with Crippen LogP contribution in [0.1, 0.15) is 105 Å². The Balaban J connectivity index is 1.21. The second-order valence-corrected chi connectivity index (χ2v) is 15.5. The van der Waals surface area contributed by atoms with Gasteiger partial charge in [0.05, 0.1) is 30.6 Å². The molecule has 0 unspecified atom stereocenters. The molecule has 5 N–H and O–H groups in total. The molecule has 0 radical (unpaired) electrons. The van der Waals surface area contributed by atoms with E-state index < -0.39 is 41.9 Å². The van der Waals surface area contributed by atoms with Crippen molar-refractivity contribution in [3.05, 3.63) is 89.9 Å². The molecule has 4 amide bonds. The summed E-state index contributed by atoms with van der Waals surface area (Å²) in [7, 11) is 0. The summed E-state index contributed by atoms with van der Waals surface area (Å²) < 4.78 is 10.8. The molecule has 2 aromatic heterocycles. The number of likely N-dealkylation sites (tertiary alicyclic amines) is 1. The lowest BCUT2D eigenvalue weighted by Crippen LogP contribution is -2.53. The molecule has 2 fully saturated rings. The van der Waals surface area contributed by atoms with Crippen LogP contribution in [0.5, 0.6) is 0 Å². The lowest BCUT2D eigenvalue weighted by molar-refractivity contribution is -0.134. The van der Waals surface area contributed by atoms with E-state index in [1.165, 1.54) is 18.5 Å². The van der Waals surface area contributed by atoms with Gasteiger partial charge in [-0.1, -0.05) is 74.6 Å². The van der Waals surface area contributed by atoms with Gasteiger partial charge in [0.1, 0.15) is 17.9 Å². The fourth-order valence-corrected chi connectivity index (χ4v) is 8.19. The molecule has 4 atom stereocenters. The number of rotatable bonds is 20. The average molecular weight is 797 g/mol. The quantitative estimate of drug-likeness (QED) is 0.0609. The highest BCUT2D eigenvalue weighted by Crippen LogP contribution is 2.32. The summed E-state index contributed by atoms with van der Waals surface area (Å²) in [6.07, 6.45) is 9.61. The maximum Gasteiger partial charge on any atom is 0.374 e. The van der Waals surface area contributed by atoms with Crippen LogP contribution in [0.4, 0.5) is 0 Å². The van der Waals surface area contributed by atoms with Gasteiger partial charge in [-0.2, -0.15) is 0 Å². The van der Waals surface area contributed by atoms with Gasteiger partial charge in [0.25, 0.3) is 0 Å². The fraction of sp³-hybridized carbons (Fsp3) is 0.500. The number of hydrogen-bond donors (Lipinski definition) is 5. The van der Waals surface area contributed by atoms with E-state index >= 15 is 0 Å². The van der Waals surface area contributed by atoms with E-state index in [0.717, 1.165) is 61.4 Å². The number of amides is 4. The highest BCUT2D eigenvalue weighted by molar-refractivity contribution is 5.92. The van der Waals surface area contributed by atoms with Gasteiger partial charge in [0, 0.05) is 45.1 Å². The van der Waals surface area contributed by atoms with Crippen molar-refractivity contribution >= 4 is 40.4 Å². The summed E-state index contributed by atoms with van der Waals surface area (Å²) in [5.41, 5.74) is 1.43. The molecule has 14 nitrogen and oxygen atoms in total.